The molecule has 1 unspecified atom stereocenters. The van der Waals surface area contributed by atoms with Crippen LogP contribution in [-0.2, 0) is 4.79 Å². The van der Waals surface area contributed by atoms with Crippen LogP contribution in [-0.4, -0.2) is 27.3 Å². The number of anilines is 1. The van der Waals surface area contributed by atoms with E-state index in [1.54, 1.807) is 11.0 Å². The van der Waals surface area contributed by atoms with Gasteiger partial charge in [-0.25, -0.2) is 0 Å². The second-order valence-corrected chi connectivity index (χ2v) is 8.68. The number of benzene rings is 2. The summed E-state index contributed by atoms with van der Waals surface area (Å²) in [5.74, 6) is 1.13. The van der Waals surface area contributed by atoms with Gasteiger partial charge in [-0.05, 0) is 43.0 Å². The van der Waals surface area contributed by atoms with Crippen molar-refractivity contribution in [3.63, 3.8) is 0 Å². The molecule has 0 aliphatic carbocycles. The van der Waals surface area contributed by atoms with Crippen LogP contribution >= 0.6 is 23.4 Å². The first kappa shape index (κ1) is 21.5. The van der Waals surface area contributed by atoms with Crippen molar-refractivity contribution >= 4 is 35.0 Å². The van der Waals surface area contributed by atoms with Crippen molar-refractivity contribution in [3.8, 4) is 28.5 Å². The first-order valence-corrected chi connectivity index (χ1v) is 11.8. The van der Waals surface area contributed by atoms with Crippen LogP contribution in [0.3, 0.4) is 0 Å². The molecule has 1 amide bonds. The van der Waals surface area contributed by atoms with Crippen LogP contribution in [0.25, 0.3) is 22.6 Å². The van der Waals surface area contributed by atoms with E-state index in [1.165, 1.54) is 18.7 Å². The van der Waals surface area contributed by atoms with Crippen molar-refractivity contribution in [2.75, 3.05) is 11.2 Å². The Morgan fingerprint density at radius 2 is 1.94 bits per heavy atom. The fourth-order valence-electron chi connectivity index (χ4n) is 3.71. The molecular formula is C24H19ClN4O3S. The van der Waals surface area contributed by atoms with Crippen molar-refractivity contribution in [2.24, 2.45) is 0 Å². The van der Waals surface area contributed by atoms with E-state index in [-0.39, 0.29) is 11.8 Å². The molecule has 33 heavy (non-hydrogen) atoms. The summed E-state index contributed by atoms with van der Waals surface area (Å²) >= 11 is 7.66. The third-order valence-corrected chi connectivity index (χ3v) is 6.31. The molecule has 1 aliphatic rings. The lowest BCUT2D eigenvalue weighted by atomic mass is 10.1. The number of carbonyl (C=O) groups excluding carboxylic acids is 1. The van der Waals surface area contributed by atoms with Crippen LogP contribution < -0.4 is 9.64 Å². The van der Waals surface area contributed by atoms with Crippen molar-refractivity contribution in [3.05, 3.63) is 70.9 Å². The molecule has 4 aromatic rings. The Balaban J connectivity index is 1.65. The number of para-hydroxylation sites is 1. The van der Waals surface area contributed by atoms with Gasteiger partial charge < -0.3 is 9.15 Å². The maximum atomic E-state index is 12.9. The second-order valence-electron chi connectivity index (χ2n) is 7.49. The molecule has 1 aliphatic heterocycles. The van der Waals surface area contributed by atoms with Gasteiger partial charge in [0, 0.05) is 23.1 Å². The smallest absolute Gasteiger partial charge is 0.247 e. The second kappa shape index (κ2) is 8.53. The summed E-state index contributed by atoms with van der Waals surface area (Å²) in [5, 5.41) is 9.62. The zero-order valence-corrected chi connectivity index (χ0v) is 19.6. The summed E-state index contributed by atoms with van der Waals surface area (Å²) in [4.78, 5) is 18.9. The van der Waals surface area contributed by atoms with Crippen LogP contribution in [0.1, 0.15) is 24.5 Å². The molecule has 0 radical (unpaired) electrons. The summed E-state index contributed by atoms with van der Waals surface area (Å²) < 4.78 is 12.5. The number of carbonyl (C=O) groups is 1. The monoisotopic (exact) mass is 478 g/mol. The molecule has 1 atom stereocenters. The first-order chi connectivity index (χ1) is 16.0. The van der Waals surface area contributed by atoms with E-state index < -0.39 is 6.23 Å². The van der Waals surface area contributed by atoms with Gasteiger partial charge in [-0.2, -0.15) is 4.98 Å². The largest absolute Gasteiger partial charge is 0.455 e. The van der Waals surface area contributed by atoms with Gasteiger partial charge in [0.25, 0.3) is 0 Å². The average molecular weight is 479 g/mol. The normalized spacial score (nSPS) is 14.8. The molecule has 5 rings (SSSR count). The fourth-order valence-corrected chi connectivity index (χ4v) is 4.19. The molecule has 0 saturated carbocycles. The first-order valence-electron chi connectivity index (χ1n) is 10.2. The third kappa shape index (κ3) is 3.85. The molecular weight excluding hydrogens is 460 g/mol. The summed E-state index contributed by atoms with van der Waals surface area (Å²) in [6.45, 7) is 3.43. The maximum Gasteiger partial charge on any atom is 0.247 e. The van der Waals surface area contributed by atoms with E-state index in [4.69, 9.17) is 20.8 Å². The number of thioether (sulfide) groups is 1. The Morgan fingerprint density at radius 3 is 2.70 bits per heavy atom. The molecule has 9 heteroatoms. The van der Waals surface area contributed by atoms with Crippen molar-refractivity contribution < 1.29 is 13.9 Å². The number of fused-ring (bicyclic) bond motifs is 3. The highest BCUT2D eigenvalue weighted by molar-refractivity contribution is 7.98. The van der Waals surface area contributed by atoms with Gasteiger partial charge in [0.1, 0.15) is 5.76 Å². The average Bonchev–Trinajstić information content (AvgIpc) is 3.25. The quantitative estimate of drug-likeness (QED) is 0.338. The third-order valence-electron chi connectivity index (χ3n) is 5.36. The number of hydrogen-bond acceptors (Lipinski definition) is 7. The topological polar surface area (TPSA) is 81.3 Å². The Bertz CT molecular complexity index is 1370. The Hall–Kier alpha value is -3.36. The molecule has 2 aromatic heterocycles. The van der Waals surface area contributed by atoms with Gasteiger partial charge >= 0.3 is 0 Å². The molecule has 0 bridgehead atoms. The van der Waals surface area contributed by atoms with Crippen molar-refractivity contribution in [1.82, 2.24) is 15.2 Å². The molecule has 0 spiro atoms. The number of aryl methyl sites for hydroxylation is 1. The lowest BCUT2D eigenvalue weighted by molar-refractivity contribution is -0.118. The maximum absolute atomic E-state index is 12.9. The van der Waals surface area contributed by atoms with Gasteiger partial charge in [-0.3, -0.25) is 9.69 Å². The van der Waals surface area contributed by atoms with Gasteiger partial charge in [0.15, 0.2) is 11.5 Å². The standard InChI is InChI=1S/C24H19ClN4O3S/c1-13-8-9-15(12-17(13)25)19-10-11-20(31-19)23-29(14(2)30)18-7-5-4-6-16(18)21-22(32-23)26-24(33-3)28-27-21/h4-12,23H,1-3H3. The predicted octanol–water partition coefficient (Wildman–Crippen LogP) is 5.93. The Morgan fingerprint density at radius 1 is 1.12 bits per heavy atom. The van der Waals surface area contributed by atoms with E-state index >= 15 is 0 Å². The van der Waals surface area contributed by atoms with E-state index in [0.29, 0.717) is 38.6 Å². The number of furan rings is 1. The molecule has 0 fully saturated rings. The Labute approximate surface area is 199 Å². The van der Waals surface area contributed by atoms with Crippen LogP contribution in [0.15, 0.2) is 64.2 Å². The van der Waals surface area contributed by atoms with Crippen LogP contribution in [0.4, 0.5) is 5.69 Å². The number of hydrogen-bond donors (Lipinski definition) is 0. The van der Waals surface area contributed by atoms with E-state index in [9.17, 15) is 4.79 Å². The number of halogens is 1. The molecule has 2 aromatic carbocycles. The zero-order valence-electron chi connectivity index (χ0n) is 18.1. The van der Waals surface area contributed by atoms with Gasteiger partial charge in [-0.1, -0.05) is 53.7 Å². The van der Waals surface area contributed by atoms with Gasteiger partial charge in [-0.15, -0.1) is 10.2 Å². The van der Waals surface area contributed by atoms with Crippen molar-refractivity contribution in [2.45, 2.75) is 25.2 Å². The fraction of sp³-hybridized carbons (Fsp3) is 0.167. The summed E-state index contributed by atoms with van der Waals surface area (Å²) in [5.41, 5.74) is 3.61. The minimum atomic E-state index is -0.883. The van der Waals surface area contributed by atoms with E-state index in [0.717, 1.165) is 11.1 Å². The SMILES string of the molecule is CSc1nnc2c(n1)OC(c1ccc(-c3ccc(C)c(Cl)c3)o1)N(C(C)=O)c1ccccc1-2. The number of nitrogens with zero attached hydrogens (tertiary/aromatic N) is 4. The van der Waals surface area contributed by atoms with Crippen LogP contribution in [0.5, 0.6) is 5.88 Å². The predicted molar refractivity (Wildman–Crippen MR) is 127 cm³/mol. The zero-order chi connectivity index (χ0) is 23.1. The summed E-state index contributed by atoms with van der Waals surface area (Å²) in [6.07, 6.45) is 0.977. The number of rotatable bonds is 3. The minimum absolute atomic E-state index is 0.213. The highest BCUT2D eigenvalue weighted by Gasteiger charge is 2.36. The van der Waals surface area contributed by atoms with E-state index in [1.807, 2.05) is 61.7 Å². The molecule has 7 nitrogen and oxygen atoms in total. The number of aromatic nitrogens is 3. The van der Waals surface area contributed by atoms with E-state index in [2.05, 4.69) is 15.2 Å². The van der Waals surface area contributed by atoms with Crippen LogP contribution in [0.2, 0.25) is 5.02 Å². The number of amides is 1. The van der Waals surface area contributed by atoms with Crippen LogP contribution in [0, 0.1) is 6.92 Å². The van der Waals surface area contributed by atoms with Crippen molar-refractivity contribution in [1.29, 1.82) is 0 Å². The lowest BCUT2D eigenvalue weighted by Gasteiger charge is -2.28. The summed E-state index contributed by atoms with van der Waals surface area (Å²) in [6, 6.07) is 16.8. The summed E-state index contributed by atoms with van der Waals surface area (Å²) in [7, 11) is 0. The van der Waals surface area contributed by atoms with Gasteiger partial charge in [0.2, 0.25) is 23.2 Å². The Kier molecular flexibility index (Phi) is 5.55. The molecule has 0 N–H and O–H groups in total. The minimum Gasteiger partial charge on any atom is -0.455 e. The lowest BCUT2D eigenvalue weighted by Crippen LogP contribution is -2.35. The molecule has 0 saturated heterocycles. The highest BCUT2D eigenvalue weighted by Crippen LogP contribution is 2.44. The highest BCUT2D eigenvalue weighted by atomic mass is 35.5. The molecule has 3 heterocycles. The van der Waals surface area contributed by atoms with Gasteiger partial charge in [0.05, 0.1) is 5.69 Å². The number of ether oxygens (including phenoxy) is 1. The molecule has 166 valence electrons.